The van der Waals surface area contributed by atoms with Crippen molar-refractivity contribution in [3.05, 3.63) is 15.8 Å². The van der Waals surface area contributed by atoms with Crippen molar-refractivity contribution in [1.82, 2.24) is 9.78 Å². The quantitative estimate of drug-likeness (QED) is 0.609. The highest BCUT2D eigenvalue weighted by Gasteiger charge is 2.32. The minimum Gasteiger partial charge on any atom is -0.391 e. The van der Waals surface area contributed by atoms with Crippen molar-refractivity contribution in [3.63, 3.8) is 0 Å². The Morgan fingerprint density at radius 1 is 1.58 bits per heavy atom. The first kappa shape index (κ1) is 15.4. The maximum absolute atomic E-state index is 11.2. The van der Waals surface area contributed by atoms with Gasteiger partial charge in [-0.3, -0.25) is 10.1 Å². The predicted octanol–water partition coefficient (Wildman–Crippen LogP) is 2.08. The maximum atomic E-state index is 11.2. The zero-order chi connectivity index (χ0) is 14.8. The number of nitrogens with one attached hydrogen (secondary N) is 1. The second-order valence-corrected chi connectivity index (χ2v) is 5.29. The number of anilines is 1. The van der Waals surface area contributed by atoms with E-state index in [1.54, 1.807) is 32.4 Å². The molecule has 108 valence electrons. The highest BCUT2D eigenvalue weighted by Crippen LogP contribution is 2.31. The van der Waals surface area contributed by atoms with E-state index in [-0.39, 0.29) is 5.69 Å². The van der Waals surface area contributed by atoms with Crippen LogP contribution in [0.1, 0.15) is 39.8 Å². The fourth-order valence-electron chi connectivity index (χ4n) is 1.70. The van der Waals surface area contributed by atoms with Crippen molar-refractivity contribution < 1.29 is 10.0 Å². The van der Waals surface area contributed by atoms with Crippen molar-refractivity contribution in [1.29, 1.82) is 0 Å². The summed E-state index contributed by atoms with van der Waals surface area (Å²) in [6.07, 6.45) is 0.166. The molecule has 0 saturated carbocycles. The number of nitrogens with zero attached hydrogens (tertiary/aromatic N) is 3. The molecule has 0 aliphatic rings. The van der Waals surface area contributed by atoms with E-state index >= 15 is 0 Å². The molecule has 0 bridgehead atoms. The number of aryl methyl sites for hydroxylation is 2. The van der Waals surface area contributed by atoms with Crippen LogP contribution in [-0.2, 0) is 6.54 Å². The molecule has 1 unspecified atom stereocenters. The molecule has 0 aliphatic heterocycles. The fourth-order valence-corrected chi connectivity index (χ4v) is 1.70. The summed E-state index contributed by atoms with van der Waals surface area (Å²) in [4.78, 5) is 10.7. The van der Waals surface area contributed by atoms with Gasteiger partial charge in [-0.25, -0.2) is 4.68 Å². The van der Waals surface area contributed by atoms with Crippen molar-refractivity contribution in [2.45, 2.75) is 59.2 Å². The third kappa shape index (κ3) is 3.23. The Bertz CT molecular complexity index is 466. The van der Waals surface area contributed by atoms with Crippen LogP contribution in [0.2, 0.25) is 0 Å². The molecule has 2 N–H and O–H groups in total. The molecule has 0 spiro atoms. The molecule has 0 amide bonds. The standard InChI is InChI=1S/C12H22N4O3/c1-6-7-15-11(13-12(4,5)9(3)17)10(16(18)19)8(2)14-15/h9,13,17H,6-7H2,1-5H3. The number of nitro groups is 1. The van der Waals surface area contributed by atoms with Crippen molar-refractivity contribution in [2.75, 3.05) is 5.32 Å². The van der Waals surface area contributed by atoms with Crippen LogP contribution in [0.25, 0.3) is 0 Å². The highest BCUT2D eigenvalue weighted by molar-refractivity contribution is 5.60. The highest BCUT2D eigenvalue weighted by atomic mass is 16.6. The average Bonchev–Trinajstić information content (AvgIpc) is 2.54. The molecular formula is C12H22N4O3. The lowest BCUT2D eigenvalue weighted by Gasteiger charge is -2.30. The van der Waals surface area contributed by atoms with Gasteiger partial charge in [0.2, 0.25) is 5.82 Å². The molecule has 7 heteroatoms. The summed E-state index contributed by atoms with van der Waals surface area (Å²) in [5.74, 6) is 0.357. The molecule has 1 aromatic rings. The molecular weight excluding hydrogens is 248 g/mol. The van der Waals surface area contributed by atoms with Gasteiger partial charge in [0.25, 0.3) is 0 Å². The summed E-state index contributed by atoms with van der Waals surface area (Å²) in [6, 6.07) is 0. The molecule has 0 saturated heterocycles. The van der Waals surface area contributed by atoms with Crippen molar-refractivity contribution >= 4 is 11.5 Å². The number of rotatable bonds is 6. The van der Waals surface area contributed by atoms with Gasteiger partial charge in [-0.15, -0.1) is 0 Å². The molecule has 1 aromatic heterocycles. The third-order valence-corrected chi connectivity index (χ3v) is 3.20. The van der Waals surface area contributed by atoms with Crippen LogP contribution in [0.15, 0.2) is 0 Å². The van der Waals surface area contributed by atoms with Gasteiger partial charge in [0, 0.05) is 6.54 Å². The lowest BCUT2D eigenvalue weighted by molar-refractivity contribution is -0.384. The smallest absolute Gasteiger partial charge is 0.333 e. The number of aromatic nitrogens is 2. The second kappa shape index (κ2) is 5.56. The van der Waals surface area contributed by atoms with Crippen LogP contribution in [-0.4, -0.2) is 31.5 Å². The van der Waals surface area contributed by atoms with Gasteiger partial charge in [-0.2, -0.15) is 5.10 Å². The molecule has 0 aliphatic carbocycles. The lowest BCUT2D eigenvalue weighted by Crippen LogP contribution is -2.42. The minimum absolute atomic E-state index is 0.0258. The summed E-state index contributed by atoms with van der Waals surface area (Å²) >= 11 is 0. The predicted molar refractivity (Wildman–Crippen MR) is 73.3 cm³/mol. The van der Waals surface area contributed by atoms with Gasteiger partial charge in [0.15, 0.2) is 0 Å². The Labute approximate surface area is 112 Å². The van der Waals surface area contributed by atoms with Crippen LogP contribution in [0.5, 0.6) is 0 Å². The Kier molecular flexibility index (Phi) is 4.52. The summed E-state index contributed by atoms with van der Waals surface area (Å²) in [5, 5.41) is 28.1. The van der Waals surface area contributed by atoms with Crippen LogP contribution in [0.3, 0.4) is 0 Å². The van der Waals surface area contributed by atoms with Gasteiger partial charge < -0.3 is 10.4 Å². The van der Waals surface area contributed by atoms with Gasteiger partial charge in [0.1, 0.15) is 5.69 Å². The first-order chi connectivity index (χ1) is 8.70. The zero-order valence-corrected chi connectivity index (χ0v) is 12.1. The van der Waals surface area contributed by atoms with E-state index in [0.29, 0.717) is 18.1 Å². The topological polar surface area (TPSA) is 93.2 Å². The maximum Gasteiger partial charge on any atom is 0.333 e. The summed E-state index contributed by atoms with van der Waals surface area (Å²) in [6.45, 7) is 9.41. The molecule has 1 heterocycles. The van der Waals surface area contributed by atoms with Crippen LogP contribution >= 0.6 is 0 Å². The largest absolute Gasteiger partial charge is 0.391 e. The first-order valence-corrected chi connectivity index (χ1v) is 6.38. The van der Waals surface area contributed by atoms with E-state index < -0.39 is 16.6 Å². The number of aliphatic hydroxyl groups excluding tert-OH is 1. The van der Waals surface area contributed by atoms with Crippen LogP contribution < -0.4 is 5.32 Å². The summed E-state index contributed by atoms with van der Waals surface area (Å²) < 4.78 is 1.59. The number of hydrogen-bond donors (Lipinski definition) is 2. The van der Waals surface area contributed by atoms with Gasteiger partial charge in [0.05, 0.1) is 16.6 Å². The van der Waals surface area contributed by atoms with E-state index in [1.165, 1.54) is 0 Å². The van der Waals surface area contributed by atoms with Gasteiger partial charge in [-0.05, 0) is 34.1 Å². The Balaban J connectivity index is 3.26. The Hall–Kier alpha value is -1.63. The van der Waals surface area contributed by atoms with Gasteiger partial charge >= 0.3 is 5.69 Å². The first-order valence-electron chi connectivity index (χ1n) is 6.38. The summed E-state index contributed by atoms with van der Waals surface area (Å²) in [5.41, 5.74) is -0.326. The van der Waals surface area contributed by atoms with E-state index in [4.69, 9.17) is 0 Å². The van der Waals surface area contributed by atoms with E-state index in [9.17, 15) is 15.2 Å². The SMILES string of the molecule is CCCn1nc(C)c([N+](=O)[O-])c1NC(C)(C)C(C)O. The fraction of sp³-hybridized carbons (Fsp3) is 0.750. The monoisotopic (exact) mass is 270 g/mol. The lowest BCUT2D eigenvalue weighted by atomic mass is 9.99. The molecule has 0 aromatic carbocycles. The number of hydrogen-bond acceptors (Lipinski definition) is 5. The molecule has 7 nitrogen and oxygen atoms in total. The molecule has 0 fully saturated rings. The van der Waals surface area contributed by atoms with E-state index in [2.05, 4.69) is 10.4 Å². The van der Waals surface area contributed by atoms with E-state index in [1.807, 2.05) is 6.92 Å². The zero-order valence-electron chi connectivity index (χ0n) is 12.1. The molecule has 19 heavy (non-hydrogen) atoms. The second-order valence-electron chi connectivity index (χ2n) is 5.29. The number of aliphatic hydroxyl groups is 1. The molecule has 1 rings (SSSR count). The van der Waals surface area contributed by atoms with E-state index in [0.717, 1.165) is 6.42 Å². The normalized spacial score (nSPS) is 13.4. The Morgan fingerprint density at radius 2 is 2.16 bits per heavy atom. The molecule has 1 atom stereocenters. The van der Waals surface area contributed by atoms with Crippen LogP contribution in [0.4, 0.5) is 11.5 Å². The summed E-state index contributed by atoms with van der Waals surface area (Å²) in [7, 11) is 0. The van der Waals surface area contributed by atoms with Crippen molar-refractivity contribution in [2.24, 2.45) is 0 Å². The third-order valence-electron chi connectivity index (χ3n) is 3.20. The molecule has 0 radical (unpaired) electrons. The minimum atomic E-state index is -0.678. The Morgan fingerprint density at radius 3 is 2.58 bits per heavy atom. The van der Waals surface area contributed by atoms with Crippen molar-refractivity contribution in [3.8, 4) is 0 Å². The van der Waals surface area contributed by atoms with Crippen LogP contribution in [0, 0.1) is 17.0 Å². The average molecular weight is 270 g/mol. The van der Waals surface area contributed by atoms with Gasteiger partial charge in [-0.1, -0.05) is 6.92 Å².